The Morgan fingerprint density at radius 1 is 1.29 bits per heavy atom. The van der Waals surface area contributed by atoms with Gasteiger partial charge in [0.1, 0.15) is 12.7 Å². The molecule has 0 saturated heterocycles. The van der Waals surface area contributed by atoms with Crippen LogP contribution in [0.5, 0.6) is 11.5 Å². The van der Waals surface area contributed by atoms with Crippen LogP contribution in [0.4, 0.5) is 5.69 Å². The number of carbonyl (C=O) groups excluding carboxylic acids is 1. The van der Waals surface area contributed by atoms with Gasteiger partial charge in [0.15, 0.2) is 11.5 Å². The number of hydrogen-bond acceptors (Lipinski definition) is 6. The lowest BCUT2D eigenvalue weighted by molar-refractivity contribution is -0.384. The van der Waals surface area contributed by atoms with Crippen molar-refractivity contribution in [2.24, 2.45) is 0 Å². The van der Waals surface area contributed by atoms with Crippen molar-refractivity contribution in [2.45, 2.75) is 19.1 Å². The zero-order chi connectivity index (χ0) is 20.1. The van der Waals surface area contributed by atoms with Crippen molar-refractivity contribution in [3.63, 3.8) is 0 Å². The molecule has 28 heavy (non-hydrogen) atoms. The summed E-state index contributed by atoms with van der Waals surface area (Å²) in [5, 5.41) is 13.8. The zero-order valence-electron chi connectivity index (χ0n) is 15.8. The van der Waals surface area contributed by atoms with Crippen LogP contribution in [0, 0.1) is 10.1 Å². The van der Waals surface area contributed by atoms with E-state index in [0.717, 1.165) is 5.56 Å². The Morgan fingerprint density at radius 3 is 2.79 bits per heavy atom. The van der Waals surface area contributed by atoms with E-state index >= 15 is 0 Å². The standard InChI is InChI=1S/C20H23N3O5/c1-14(15-6-5-7-16(10-15)23(25)26)22(2)12-20(24)21-11-17-13-27-18-8-3-4-9-19(18)28-17/h3-10,14,17H,11-13H2,1-2H3,(H,21,24). The number of nitrogens with one attached hydrogen (secondary N) is 1. The molecular formula is C20H23N3O5. The average molecular weight is 385 g/mol. The smallest absolute Gasteiger partial charge is 0.269 e. The summed E-state index contributed by atoms with van der Waals surface area (Å²) < 4.78 is 11.5. The van der Waals surface area contributed by atoms with Gasteiger partial charge in [-0.3, -0.25) is 19.8 Å². The number of ether oxygens (including phenoxy) is 2. The molecule has 0 bridgehead atoms. The molecule has 0 radical (unpaired) electrons. The molecule has 148 valence electrons. The molecule has 1 amide bonds. The Hall–Kier alpha value is -3.13. The summed E-state index contributed by atoms with van der Waals surface area (Å²) in [4.78, 5) is 24.6. The predicted octanol–water partition coefficient (Wildman–Crippen LogP) is 2.54. The van der Waals surface area contributed by atoms with Gasteiger partial charge in [0.2, 0.25) is 5.91 Å². The Labute approximate surface area is 163 Å². The summed E-state index contributed by atoms with van der Waals surface area (Å²) >= 11 is 0. The number of hydrogen-bond donors (Lipinski definition) is 1. The maximum atomic E-state index is 12.3. The van der Waals surface area contributed by atoms with Gasteiger partial charge in [-0.15, -0.1) is 0 Å². The van der Waals surface area contributed by atoms with Crippen LogP contribution in [0.2, 0.25) is 0 Å². The lowest BCUT2D eigenvalue weighted by Crippen LogP contribution is -2.44. The van der Waals surface area contributed by atoms with Gasteiger partial charge in [-0.2, -0.15) is 0 Å². The number of benzene rings is 2. The quantitative estimate of drug-likeness (QED) is 0.581. The number of para-hydroxylation sites is 2. The molecule has 0 saturated carbocycles. The second kappa shape index (κ2) is 8.71. The summed E-state index contributed by atoms with van der Waals surface area (Å²) in [5.41, 5.74) is 0.821. The van der Waals surface area contributed by atoms with Crippen molar-refractivity contribution in [1.82, 2.24) is 10.2 Å². The number of carbonyl (C=O) groups is 1. The van der Waals surface area contributed by atoms with Gasteiger partial charge in [-0.1, -0.05) is 24.3 Å². The molecule has 2 atom stereocenters. The van der Waals surface area contributed by atoms with Gasteiger partial charge >= 0.3 is 0 Å². The van der Waals surface area contributed by atoms with Gasteiger partial charge in [0.25, 0.3) is 5.69 Å². The van der Waals surface area contributed by atoms with E-state index < -0.39 is 4.92 Å². The lowest BCUT2D eigenvalue weighted by atomic mass is 10.1. The molecule has 0 fully saturated rings. The molecule has 0 aromatic heterocycles. The highest BCUT2D eigenvalue weighted by Crippen LogP contribution is 2.30. The fraction of sp³-hybridized carbons (Fsp3) is 0.350. The normalized spacial score (nSPS) is 16.5. The fourth-order valence-corrected chi connectivity index (χ4v) is 2.96. The van der Waals surface area contributed by atoms with Crippen LogP contribution >= 0.6 is 0 Å². The maximum absolute atomic E-state index is 12.3. The SMILES string of the molecule is CC(c1cccc([N+](=O)[O-])c1)N(C)CC(=O)NCC1COc2ccccc2O1. The number of nitro groups is 1. The summed E-state index contributed by atoms with van der Waals surface area (Å²) in [7, 11) is 1.81. The average Bonchev–Trinajstić information content (AvgIpc) is 2.71. The summed E-state index contributed by atoms with van der Waals surface area (Å²) in [6.07, 6.45) is -0.252. The zero-order valence-corrected chi connectivity index (χ0v) is 15.8. The largest absolute Gasteiger partial charge is 0.486 e. The third-order valence-electron chi connectivity index (χ3n) is 4.71. The second-order valence-corrected chi connectivity index (χ2v) is 6.74. The van der Waals surface area contributed by atoms with Crippen LogP contribution in [0.15, 0.2) is 48.5 Å². The Morgan fingerprint density at radius 2 is 2.04 bits per heavy atom. The number of amides is 1. The first-order valence-electron chi connectivity index (χ1n) is 9.04. The predicted molar refractivity (Wildman–Crippen MR) is 104 cm³/mol. The molecule has 1 aliphatic rings. The van der Waals surface area contributed by atoms with Crippen LogP contribution in [-0.2, 0) is 4.79 Å². The van der Waals surface area contributed by atoms with Gasteiger partial charge in [-0.25, -0.2) is 0 Å². The molecule has 1 N–H and O–H groups in total. The van der Waals surface area contributed by atoms with E-state index in [9.17, 15) is 14.9 Å². The molecule has 2 unspecified atom stereocenters. The summed E-state index contributed by atoms with van der Waals surface area (Å²) in [6, 6.07) is 13.7. The molecule has 3 rings (SSSR count). The lowest BCUT2D eigenvalue weighted by Gasteiger charge is -2.27. The highest BCUT2D eigenvalue weighted by molar-refractivity contribution is 5.78. The van der Waals surface area contributed by atoms with E-state index in [1.54, 1.807) is 13.1 Å². The van der Waals surface area contributed by atoms with Crippen molar-refractivity contribution in [1.29, 1.82) is 0 Å². The van der Waals surface area contributed by atoms with Crippen molar-refractivity contribution in [2.75, 3.05) is 26.7 Å². The Kier molecular flexibility index (Phi) is 6.10. The number of rotatable bonds is 7. The van der Waals surface area contributed by atoms with E-state index in [-0.39, 0.29) is 30.3 Å². The topological polar surface area (TPSA) is 93.9 Å². The minimum absolute atomic E-state index is 0.0388. The highest BCUT2D eigenvalue weighted by Gasteiger charge is 2.22. The third kappa shape index (κ3) is 4.77. The number of fused-ring (bicyclic) bond motifs is 1. The van der Waals surface area contributed by atoms with Crippen LogP contribution in [-0.4, -0.2) is 48.6 Å². The molecule has 1 heterocycles. The molecule has 1 aliphatic heterocycles. The van der Waals surface area contributed by atoms with Crippen molar-refractivity contribution in [3.8, 4) is 11.5 Å². The van der Waals surface area contributed by atoms with Gasteiger partial charge in [0.05, 0.1) is 18.0 Å². The fourth-order valence-electron chi connectivity index (χ4n) is 2.96. The van der Waals surface area contributed by atoms with Crippen LogP contribution < -0.4 is 14.8 Å². The van der Waals surface area contributed by atoms with Crippen molar-refractivity contribution < 1.29 is 19.2 Å². The number of nitro benzene ring substituents is 1. The second-order valence-electron chi connectivity index (χ2n) is 6.74. The molecule has 2 aromatic rings. The van der Waals surface area contributed by atoms with Gasteiger partial charge < -0.3 is 14.8 Å². The van der Waals surface area contributed by atoms with Gasteiger partial charge in [-0.05, 0) is 31.7 Å². The van der Waals surface area contributed by atoms with E-state index in [1.807, 2.05) is 42.2 Å². The molecule has 8 nitrogen and oxygen atoms in total. The summed E-state index contributed by atoms with van der Waals surface area (Å²) in [5.74, 6) is 1.22. The first kappa shape index (κ1) is 19.6. The van der Waals surface area contributed by atoms with Gasteiger partial charge in [0, 0.05) is 18.2 Å². The third-order valence-corrected chi connectivity index (χ3v) is 4.71. The first-order valence-corrected chi connectivity index (χ1v) is 9.04. The van der Waals surface area contributed by atoms with Crippen LogP contribution in [0.25, 0.3) is 0 Å². The van der Waals surface area contributed by atoms with Crippen LogP contribution in [0.1, 0.15) is 18.5 Å². The van der Waals surface area contributed by atoms with E-state index in [4.69, 9.17) is 9.47 Å². The first-order chi connectivity index (χ1) is 13.4. The van der Waals surface area contributed by atoms with E-state index in [2.05, 4.69) is 5.32 Å². The summed E-state index contributed by atoms with van der Waals surface area (Å²) in [6.45, 7) is 2.78. The minimum Gasteiger partial charge on any atom is -0.486 e. The number of non-ortho nitro benzene ring substituents is 1. The number of nitrogens with zero attached hydrogens (tertiary/aromatic N) is 2. The van der Waals surface area contributed by atoms with E-state index in [1.165, 1.54) is 12.1 Å². The number of likely N-dealkylation sites (N-methyl/N-ethyl adjacent to an activating group) is 1. The van der Waals surface area contributed by atoms with E-state index in [0.29, 0.717) is 24.7 Å². The molecule has 2 aromatic carbocycles. The van der Waals surface area contributed by atoms with Crippen LogP contribution in [0.3, 0.4) is 0 Å². The molecule has 0 aliphatic carbocycles. The van der Waals surface area contributed by atoms with Crippen molar-refractivity contribution in [3.05, 3.63) is 64.2 Å². The monoisotopic (exact) mass is 385 g/mol. The Bertz CT molecular complexity index is 857. The molecule has 0 spiro atoms. The molecule has 8 heteroatoms. The highest BCUT2D eigenvalue weighted by atomic mass is 16.6. The molecular weight excluding hydrogens is 362 g/mol. The maximum Gasteiger partial charge on any atom is 0.269 e. The Balaban J connectivity index is 1.49. The minimum atomic E-state index is -0.423. The van der Waals surface area contributed by atoms with Crippen molar-refractivity contribution >= 4 is 11.6 Å².